The van der Waals surface area contributed by atoms with Gasteiger partial charge in [-0.3, -0.25) is 0 Å². The van der Waals surface area contributed by atoms with Gasteiger partial charge in [0.15, 0.2) is 0 Å². The summed E-state index contributed by atoms with van der Waals surface area (Å²) in [5, 5.41) is 10.1. The van der Waals surface area contributed by atoms with Crippen LogP contribution in [0.3, 0.4) is 0 Å². The topological polar surface area (TPSA) is 59.1 Å². The highest BCUT2D eigenvalue weighted by Gasteiger charge is 2.03. The number of hydrogen-bond donors (Lipinski definition) is 2. The second-order valence-corrected chi connectivity index (χ2v) is 3.38. The lowest BCUT2D eigenvalue weighted by Gasteiger charge is -2.05. The third kappa shape index (κ3) is 1.42. The molecule has 0 saturated carbocycles. The fourth-order valence-corrected chi connectivity index (χ4v) is 1.56. The molecule has 0 spiro atoms. The average molecular weight is 188 g/mol. The first-order valence-electron chi connectivity index (χ1n) is 4.47. The van der Waals surface area contributed by atoms with Crippen LogP contribution in [-0.2, 0) is 6.61 Å². The van der Waals surface area contributed by atoms with E-state index in [0.29, 0.717) is 5.82 Å². The molecule has 3 N–H and O–H groups in total. The van der Waals surface area contributed by atoms with Crippen molar-refractivity contribution in [3.63, 3.8) is 0 Å². The zero-order chi connectivity index (χ0) is 10.1. The number of hydrogen-bond acceptors (Lipinski definition) is 3. The number of nitrogens with zero attached hydrogens (tertiary/aromatic N) is 1. The zero-order valence-corrected chi connectivity index (χ0v) is 7.99. The van der Waals surface area contributed by atoms with E-state index >= 15 is 0 Å². The van der Waals surface area contributed by atoms with E-state index in [2.05, 4.69) is 4.98 Å². The Hall–Kier alpha value is -1.61. The number of fused-ring (bicyclic) bond motifs is 1. The summed E-state index contributed by atoms with van der Waals surface area (Å²) >= 11 is 0. The van der Waals surface area contributed by atoms with E-state index in [9.17, 15) is 0 Å². The van der Waals surface area contributed by atoms with Crippen LogP contribution in [0.5, 0.6) is 0 Å². The minimum Gasteiger partial charge on any atom is -0.392 e. The Balaban J connectivity index is 2.81. The maximum atomic E-state index is 9.15. The van der Waals surface area contributed by atoms with Gasteiger partial charge in [0.05, 0.1) is 12.1 Å². The average Bonchev–Trinajstić information content (AvgIpc) is 2.15. The number of aryl methyl sites for hydroxylation is 1. The van der Waals surface area contributed by atoms with E-state index in [0.717, 1.165) is 22.0 Å². The maximum absolute atomic E-state index is 9.15. The van der Waals surface area contributed by atoms with Crippen molar-refractivity contribution in [2.75, 3.05) is 5.73 Å². The molecule has 2 aromatic rings. The van der Waals surface area contributed by atoms with Crippen molar-refractivity contribution in [1.82, 2.24) is 4.98 Å². The summed E-state index contributed by atoms with van der Waals surface area (Å²) in [7, 11) is 0. The third-order valence-electron chi connectivity index (χ3n) is 2.24. The number of nitrogens with two attached hydrogens (primary N) is 1. The fourth-order valence-electron chi connectivity index (χ4n) is 1.56. The van der Waals surface area contributed by atoms with Gasteiger partial charge in [-0.25, -0.2) is 4.98 Å². The summed E-state index contributed by atoms with van der Waals surface area (Å²) in [4.78, 5) is 4.21. The highest BCUT2D eigenvalue weighted by Crippen LogP contribution is 2.20. The molecule has 0 atom stereocenters. The summed E-state index contributed by atoms with van der Waals surface area (Å²) in [5.41, 5.74) is 8.43. The second-order valence-electron chi connectivity index (χ2n) is 3.38. The number of benzene rings is 1. The molecule has 0 radical (unpaired) electrons. The number of aliphatic hydroxyl groups is 1. The molecule has 3 heteroatoms. The maximum Gasteiger partial charge on any atom is 0.124 e. The van der Waals surface area contributed by atoms with Crippen molar-refractivity contribution in [3.05, 3.63) is 35.4 Å². The van der Waals surface area contributed by atoms with Crippen molar-refractivity contribution >= 4 is 16.7 Å². The van der Waals surface area contributed by atoms with Gasteiger partial charge in [0, 0.05) is 5.39 Å². The highest BCUT2D eigenvalue weighted by atomic mass is 16.3. The van der Waals surface area contributed by atoms with Crippen LogP contribution in [0.4, 0.5) is 5.82 Å². The van der Waals surface area contributed by atoms with Crippen molar-refractivity contribution in [2.24, 2.45) is 0 Å². The van der Waals surface area contributed by atoms with E-state index in [1.165, 1.54) is 0 Å². The van der Waals surface area contributed by atoms with E-state index in [-0.39, 0.29) is 6.61 Å². The lowest BCUT2D eigenvalue weighted by molar-refractivity contribution is 0.283. The minimum absolute atomic E-state index is 0.00766. The van der Waals surface area contributed by atoms with Gasteiger partial charge in [-0.2, -0.15) is 0 Å². The van der Waals surface area contributed by atoms with Gasteiger partial charge in [0.25, 0.3) is 0 Å². The van der Waals surface area contributed by atoms with Crippen LogP contribution in [0.25, 0.3) is 10.9 Å². The quantitative estimate of drug-likeness (QED) is 0.714. The highest BCUT2D eigenvalue weighted by molar-refractivity contribution is 5.84. The molecule has 1 aromatic heterocycles. The van der Waals surface area contributed by atoms with Gasteiger partial charge < -0.3 is 10.8 Å². The van der Waals surface area contributed by atoms with E-state index in [1.807, 2.05) is 25.1 Å². The first-order valence-corrected chi connectivity index (χ1v) is 4.47. The molecule has 1 aromatic carbocycles. The summed E-state index contributed by atoms with van der Waals surface area (Å²) in [5.74, 6) is 0.451. The molecule has 0 saturated heterocycles. The van der Waals surface area contributed by atoms with Crippen molar-refractivity contribution in [3.8, 4) is 0 Å². The van der Waals surface area contributed by atoms with E-state index in [4.69, 9.17) is 10.8 Å². The number of nitrogen functional groups attached to an aromatic ring is 1. The predicted octanol–water partition coefficient (Wildman–Crippen LogP) is 1.62. The van der Waals surface area contributed by atoms with Gasteiger partial charge in [-0.1, -0.05) is 12.1 Å². The molecule has 0 fully saturated rings. The number of anilines is 1. The molecule has 0 aliphatic heterocycles. The van der Waals surface area contributed by atoms with Crippen LogP contribution in [0.1, 0.15) is 11.1 Å². The molecule has 0 bridgehead atoms. The summed E-state index contributed by atoms with van der Waals surface area (Å²) in [6.45, 7) is 2.00. The molecule has 3 nitrogen and oxygen atoms in total. The second kappa shape index (κ2) is 3.27. The Morgan fingerprint density at radius 2 is 2.14 bits per heavy atom. The van der Waals surface area contributed by atoms with Gasteiger partial charge in [0.1, 0.15) is 5.82 Å². The van der Waals surface area contributed by atoms with Gasteiger partial charge in [0.2, 0.25) is 0 Å². The van der Waals surface area contributed by atoms with Crippen molar-refractivity contribution in [2.45, 2.75) is 13.5 Å². The molecule has 0 unspecified atom stereocenters. The van der Waals surface area contributed by atoms with Crippen LogP contribution < -0.4 is 5.73 Å². The monoisotopic (exact) mass is 188 g/mol. The first kappa shape index (κ1) is 8.97. The summed E-state index contributed by atoms with van der Waals surface area (Å²) in [6.07, 6.45) is 0. The Morgan fingerprint density at radius 1 is 1.36 bits per heavy atom. The number of rotatable bonds is 1. The normalized spacial score (nSPS) is 10.7. The Kier molecular flexibility index (Phi) is 2.09. The molecule has 0 amide bonds. The standard InChI is InChI=1S/C11H12N2O/c1-7-2-3-9-8(6-14)5-11(12)13-10(9)4-7/h2-5,14H,6H2,1H3,(H2,12,13). The lowest BCUT2D eigenvalue weighted by Crippen LogP contribution is -1.95. The smallest absolute Gasteiger partial charge is 0.124 e. The molecule has 1 heterocycles. The van der Waals surface area contributed by atoms with Gasteiger partial charge in [-0.15, -0.1) is 0 Å². The Morgan fingerprint density at radius 3 is 2.86 bits per heavy atom. The Bertz CT molecular complexity index is 475. The van der Waals surface area contributed by atoms with Crippen LogP contribution in [0, 0.1) is 6.92 Å². The largest absolute Gasteiger partial charge is 0.392 e. The SMILES string of the molecule is Cc1ccc2c(CO)cc(N)nc2c1. The van der Waals surface area contributed by atoms with Crippen molar-refractivity contribution < 1.29 is 5.11 Å². The lowest BCUT2D eigenvalue weighted by atomic mass is 10.1. The third-order valence-corrected chi connectivity index (χ3v) is 2.24. The van der Waals surface area contributed by atoms with Gasteiger partial charge in [-0.05, 0) is 30.2 Å². The summed E-state index contributed by atoms with van der Waals surface area (Å²) < 4.78 is 0. The van der Waals surface area contributed by atoms with Crippen LogP contribution in [-0.4, -0.2) is 10.1 Å². The number of aromatic nitrogens is 1. The molecule has 72 valence electrons. The minimum atomic E-state index is -0.00766. The van der Waals surface area contributed by atoms with Crippen LogP contribution in [0.15, 0.2) is 24.3 Å². The molecule has 14 heavy (non-hydrogen) atoms. The molecular formula is C11H12N2O. The molecular weight excluding hydrogens is 176 g/mol. The van der Waals surface area contributed by atoms with Crippen LogP contribution >= 0.6 is 0 Å². The summed E-state index contributed by atoms with van der Waals surface area (Å²) in [6, 6.07) is 7.63. The number of pyridine rings is 1. The van der Waals surface area contributed by atoms with Gasteiger partial charge >= 0.3 is 0 Å². The first-order chi connectivity index (χ1) is 6.70. The Labute approximate surface area is 82.2 Å². The predicted molar refractivity (Wildman–Crippen MR) is 56.8 cm³/mol. The zero-order valence-electron chi connectivity index (χ0n) is 7.99. The molecule has 2 rings (SSSR count). The van der Waals surface area contributed by atoms with Crippen molar-refractivity contribution in [1.29, 1.82) is 0 Å². The van der Waals surface area contributed by atoms with E-state index in [1.54, 1.807) is 6.07 Å². The van der Waals surface area contributed by atoms with E-state index < -0.39 is 0 Å². The molecule has 0 aliphatic rings. The van der Waals surface area contributed by atoms with Crippen LogP contribution in [0.2, 0.25) is 0 Å². The molecule has 0 aliphatic carbocycles. The number of aliphatic hydroxyl groups excluding tert-OH is 1. The fraction of sp³-hybridized carbons (Fsp3) is 0.182.